The number of nitro groups is 1. The summed E-state index contributed by atoms with van der Waals surface area (Å²) in [6.07, 6.45) is 0. The Balaban J connectivity index is 2.82. The molecule has 0 aliphatic rings. The fraction of sp³-hybridized carbons (Fsp3) is 0.364. The molecule has 0 bridgehead atoms. The quantitative estimate of drug-likeness (QED) is 0.583. The molecule has 0 amide bonds. The van der Waals surface area contributed by atoms with Crippen molar-refractivity contribution in [2.75, 3.05) is 7.11 Å². The number of ether oxygens (including phenoxy) is 1. The first-order valence-corrected chi connectivity index (χ1v) is 5.23. The van der Waals surface area contributed by atoms with Crippen molar-refractivity contribution in [1.29, 1.82) is 0 Å². The third-order valence-corrected chi connectivity index (χ3v) is 2.42. The van der Waals surface area contributed by atoms with E-state index >= 15 is 0 Å². The lowest BCUT2D eigenvalue weighted by Crippen LogP contribution is -2.33. The number of aliphatic carboxylic acids is 1. The maximum absolute atomic E-state index is 10.8. The molecule has 1 aromatic rings. The Bertz CT molecular complexity index is 461. The van der Waals surface area contributed by atoms with E-state index in [2.05, 4.69) is 5.32 Å². The maximum Gasteiger partial charge on any atom is 0.320 e. The Morgan fingerprint density at radius 2 is 2.28 bits per heavy atom. The number of nitrogens with one attached hydrogen (secondary N) is 1. The highest BCUT2D eigenvalue weighted by molar-refractivity contribution is 5.72. The number of benzene rings is 1. The van der Waals surface area contributed by atoms with Crippen molar-refractivity contribution in [3.05, 3.63) is 33.9 Å². The Morgan fingerprint density at radius 1 is 1.61 bits per heavy atom. The second-order valence-corrected chi connectivity index (χ2v) is 3.70. The summed E-state index contributed by atoms with van der Waals surface area (Å²) in [5.41, 5.74) is 0.482. The Labute approximate surface area is 104 Å². The predicted octanol–water partition coefficient (Wildman–Crippen LogP) is 1.17. The largest absolute Gasteiger partial charge is 0.490 e. The fourth-order valence-corrected chi connectivity index (χ4v) is 1.35. The predicted molar refractivity (Wildman–Crippen MR) is 63.6 cm³/mol. The van der Waals surface area contributed by atoms with Crippen LogP contribution >= 0.6 is 0 Å². The summed E-state index contributed by atoms with van der Waals surface area (Å²) in [4.78, 5) is 20.9. The van der Waals surface area contributed by atoms with Crippen molar-refractivity contribution >= 4 is 11.7 Å². The molecule has 0 spiro atoms. The fourth-order valence-electron chi connectivity index (χ4n) is 1.35. The number of nitro benzene ring substituents is 1. The highest BCUT2D eigenvalue weighted by Gasteiger charge is 2.16. The summed E-state index contributed by atoms with van der Waals surface area (Å²) in [5.74, 6) is -0.798. The van der Waals surface area contributed by atoms with Gasteiger partial charge in [-0.2, -0.15) is 0 Å². The van der Waals surface area contributed by atoms with Crippen LogP contribution in [0.15, 0.2) is 18.2 Å². The van der Waals surface area contributed by atoms with E-state index < -0.39 is 16.9 Å². The van der Waals surface area contributed by atoms with Crippen molar-refractivity contribution in [3.8, 4) is 5.75 Å². The molecule has 0 heterocycles. The van der Waals surface area contributed by atoms with Crippen LogP contribution in [0.4, 0.5) is 5.69 Å². The molecular formula is C11H14N2O5. The second kappa shape index (κ2) is 5.97. The normalized spacial score (nSPS) is 11.9. The first kappa shape index (κ1) is 13.9. The number of hydrogen-bond acceptors (Lipinski definition) is 5. The van der Waals surface area contributed by atoms with E-state index in [1.54, 1.807) is 6.07 Å². The topological polar surface area (TPSA) is 102 Å². The lowest BCUT2D eigenvalue weighted by molar-refractivity contribution is -0.385. The van der Waals surface area contributed by atoms with E-state index in [1.165, 1.54) is 26.2 Å². The van der Waals surface area contributed by atoms with Gasteiger partial charge >= 0.3 is 11.7 Å². The third-order valence-electron chi connectivity index (χ3n) is 2.42. The maximum atomic E-state index is 10.8. The van der Waals surface area contributed by atoms with Crippen LogP contribution in [-0.2, 0) is 11.3 Å². The van der Waals surface area contributed by atoms with Crippen LogP contribution in [0.5, 0.6) is 5.75 Å². The summed E-state index contributed by atoms with van der Waals surface area (Å²) in [6.45, 7) is 1.73. The van der Waals surface area contributed by atoms with Crippen LogP contribution in [0, 0.1) is 10.1 Å². The van der Waals surface area contributed by atoms with Crippen LogP contribution in [0.25, 0.3) is 0 Å². The summed E-state index contributed by atoms with van der Waals surface area (Å²) >= 11 is 0. The number of carboxylic acid groups (broad SMARTS) is 1. The molecule has 0 aromatic heterocycles. The molecule has 1 unspecified atom stereocenters. The molecule has 1 atom stereocenters. The van der Waals surface area contributed by atoms with Gasteiger partial charge < -0.3 is 15.2 Å². The van der Waals surface area contributed by atoms with Gasteiger partial charge in [0, 0.05) is 12.6 Å². The smallest absolute Gasteiger partial charge is 0.320 e. The molecule has 0 aliphatic heterocycles. The standard InChI is InChI=1S/C11H14N2O5/c1-7(11(14)15)12-6-8-3-4-10(18-2)9(5-8)13(16)17/h3-5,7,12H,6H2,1-2H3,(H,14,15). The van der Waals surface area contributed by atoms with E-state index in [1.807, 2.05) is 0 Å². The Hall–Kier alpha value is -2.15. The zero-order chi connectivity index (χ0) is 13.7. The number of nitrogens with zero attached hydrogens (tertiary/aromatic N) is 1. The van der Waals surface area contributed by atoms with Crippen LogP contribution < -0.4 is 10.1 Å². The van der Waals surface area contributed by atoms with Crippen LogP contribution in [0.3, 0.4) is 0 Å². The molecule has 1 rings (SSSR count). The Kier molecular flexibility index (Phi) is 4.61. The van der Waals surface area contributed by atoms with Gasteiger partial charge in [-0.05, 0) is 18.6 Å². The molecular weight excluding hydrogens is 240 g/mol. The average molecular weight is 254 g/mol. The van der Waals surface area contributed by atoms with Gasteiger partial charge in [0.05, 0.1) is 12.0 Å². The summed E-state index contributed by atoms with van der Waals surface area (Å²) in [6, 6.07) is 3.78. The minimum absolute atomic E-state index is 0.139. The summed E-state index contributed by atoms with van der Waals surface area (Å²) < 4.78 is 4.87. The third kappa shape index (κ3) is 3.42. The number of hydrogen-bond donors (Lipinski definition) is 2. The molecule has 7 nitrogen and oxygen atoms in total. The first-order valence-electron chi connectivity index (χ1n) is 5.23. The first-order chi connectivity index (χ1) is 8.45. The minimum atomic E-state index is -0.974. The second-order valence-electron chi connectivity index (χ2n) is 3.70. The lowest BCUT2D eigenvalue weighted by atomic mass is 10.1. The van der Waals surface area contributed by atoms with Crippen molar-refractivity contribution in [1.82, 2.24) is 5.32 Å². The molecule has 0 saturated heterocycles. The van der Waals surface area contributed by atoms with Gasteiger partial charge in [-0.3, -0.25) is 14.9 Å². The highest BCUT2D eigenvalue weighted by Crippen LogP contribution is 2.27. The van der Waals surface area contributed by atoms with Gasteiger partial charge in [0.2, 0.25) is 0 Å². The number of carbonyl (C=O) groups is 1. The molecule has 0 aliphatic carbocycles. The monoisotopic (exact) mass is 254 g/mol. The molecule has 1 aromatic carbocycles. The van der Waals surface area contributed by atoms with E-state index in [-0.39, 0.29) is 18.0 Å². The lowest BCUT2D eigenvalue weighted by Gasteiger charge is -2.09. The van der Waals surface area contributed by atoms with E-state index in [4.69, 9.17) is 9.84 Å². The number of methoxy groups -OCH3 is 1. The average Bonchev–Trinajstić information content (AvgIpc) is 2.35. The van der Waals surface area contributed by atoms with E-state index in [9.17, 15) is 14.9 Å². The van der Waals surface area contributed by atoms with Crippen LogP contribution in [0.1, 0.15) is 12.5 Å². The van der Waals surface area contributed by atoms with Gasteiger partial charge in [-0.1, -0.05) is 6.07 Å². The van der Waals surface area contributed by atoms with E-state index in [0.29, 0.717) is 5.56 Å². The molecule has 98 valence electrons. The molecule has 7 heteroatoms. The van der Waals surface area contributed by atoms with Gasteiger partial charge in [0.1, 0.15) is 6.04 Å². The van der Waals surface area contributed by atoms with Crippen molar-refractivity contribution in [3.63, 3.8) is 0 Å². The number of carboxylic acids is 1. The van der Waals surface area contributed by atoms with Gasteiger partial charge in [0.15, 0.2) is 5.75 Å². The highest BCUT2D eigenvalue weighted by atomic mass is 16.6. The molecule has 0 saturated carbocycles. The van der Waals surface area contributed by atoms with Crippen LogP contribution in [-0.4, -0.2) is 29.2 Å². The molecule has 2 N–H and O–H groups in total. The molecule has 18 heavy (non-hydrogen) atoms. The zero-order valence-corrected chi connectivity index (χ0v) is 10.0. The van der Waals surface area contributed by atoms with Crippen molar-refractivity contribution < 1.29 is 19.6 Å². The van der Waals surface area contributed by atoms with Crippen molar-refractivity contribution in [2.45, 2.75) is 19.5 Å². The molecule has 0 fully saturated rings. The summed E-state index contributed by atoms with van der Waals surface area (Å²) in [5, 5.41) is 22.2. The van der Waals surface area contributed by atoms with Gasteiger partial charge in [-0.25, -0.2) is 0 Å². The summed E-state index contributed by atoms with van der Waals surface area (Å²) in [7, 11) is 1.35. The van der Waals surface area contributed by atoms with Crippen LogP contribution in [0.2, 0.25) is 0 Å². The number of rotatable bonds is 6. The zero-order valence-electron chi connectivity index (χ0n) is 10.0. The molecule has 0 radical (unpaired) electrons. The minimum Gasteiger partial charge on any atom is -0.490 e. The SMILES string of the molecule is COc1ccc(CNC(C)C(=O)O)cc1[N+](=O)[O-]. The van der Waals surface area contributed by atoms with E-state index in [0.717, 1.165) is 0 Å². The Morgan fingerprint density at radius 3 is 2.78 bits per heavy atom. The van der Waals surface area contributed by atoms with Crippen molar-refractivity contribution in [2.24, 2.45) is 0 Å². The van der Waals surface area contributed by atoms with Gasteiger partial charge in [0.25, 0.3) is 0 Å². The van der Waals surface area contributed by atoms with Gasteiger partial charge in [-0.15, -0.1) is 0 Å².